The first kappa shape index (κ1) is 24.1. The van der Waals surface area contributed by atoms with E-state index in [-0.39, 0.29) is 45.6 Å². The summed E-state index contributed by atoms with van der Waals surface area (Å²) in [5, 5.41) is 10.5. The number of likely N-dealkylation sites (tertiary alicyclic amines) is 1. The van der Waals surface area contributed by atoms with Crippen LogP contribution < -0.4 is 0 Å². The molecule has 3 fully saturated rings. The van der Waals surface area contributed by atoms with Gasteiger partial charge in [-0.05, 0) is 73.5 Å². The van der Waals surface area contributed by atoms with E-state index in [1.165, 1.54) is 5.56 Å². The number of aromatic hydroxyl groups is 1. The van der Waals surface area contributed by atoms with Crippen molar-refractivity contribution in [2.75, 3.05) is 12.3 Å². The first-order valence-electron chi connectivity index (χ1n) is 13.4. The third-order valence-corrected chi connectivity index (χ3v) is 12.8. The number of fused-ring (bicyclic) bond motifs is 4. The number of hydrogen-bond donors (Lipinski definition) is 1. The van der Waals surface area contributed by atoms with Crippen molar-refractivity contribution >= 4 is 15.7 Å². The molecule has 1 saturated heterocycles. The molecule has 1 heterocycles. The maximum Gasteiger partial charge on any atom is 0.225 e. The zero-order chi connectivity index (χ0) is 24.3. The van der Waals surface area contributed by atoms with Crippen LogP contribution in [0.25, 0.3) is 0 Å². The van der Waals surface area contributed by atoms with Gasteiger partial charge in [0.15, 0.2) is 9.84 Å². The standard InChI is InChI=1S/C28H41NO4S/c1-27(2)25-17-22-23(10-7-11-24(22)30)28(27,3)14-15-29(25)26(31)20-13-12-19(16-20)18-34(32,33)21-8-5-4-6-9-21/h7,10-11,19-21,25,30H,4-6,8-9,12-18H2,1-3H3/t19?,20-,25-,28+/m1/s1. The minimum Gasteiger partial charge on any atom is -0.508 e. The van der Waals surface area contributed by atoms with Crippen LogP contribution in [0.2, 0.25) is 0 Å². The van der Waals surface area contributed by atoms with Crippen molar-refractivity contribution < 1.29 is 18.3 Å². The molecule has 2 bridgehead atoms. The molecule has 1 aliphatic heterocycles. The molecular weight excluding hydrogens is 446 g/mol. The fourth-order valence-electron chi connectivity index (χ4n) is 7.76. The van der Waals surface area contributed by atoms with Crippen molar-refractivity contribution in [1.29, 1.82) is 0 Å². The zero-order valence-corrected chi connectivity index (χ0v) is 21.9. The lowest BCUT2D eigenvalue weighted by molar-refractivity contribution is -0.148. The number of benzene rings is 1. The summed E-state index contributed by atoms with van der Waals surface area (Å²) in [6.07, 6.45) is 8.74. The highest BCUT2D eigenvalue weighted by atomic mass is 32.2. The van der Waals surface area contributed by atoms with E-state index in [4.69, 9.17) is 0 Å². The highest BCUT2D eigenvalue weighted by molar-refractivity contribution is 7.92. The van der Waals surface area contributed by atoms with Gasteiger partial charge in [-0.15, -0.1) is 0 Å². The van der Waals surface area contributed by atoms with Crippen LogP contribution in [0, 0.1) is 17.3 Å². The molecule has 0 radical (unpaired) electrons. The Kier molecular flexibility index (Phi) is 6.06. The number of hydrogen-bond acceptors (Lipinski definition) is 4. The van der Waals surface area contributed by atoms with E-state index in [0.29, 0.717) is 18.6 Å². The van der Waals surface area contributed by atoms with Gasteiger partial charge >= 0.3 is 0 Å². The Balaban J connectivity index is 1.31. The number of phenolic OH excluding ortho intramolecular Hbond substituents is 1. The molecule has 5 nitrogen and oxygen atoms in total. The van der Waals surface area contributed by atoms with Gasteiger partial charge in [0.05, 0.1) is 11.0 Å². The second kappa shape index (κ2) is 8.53. The van der Waals surface area contributed by atoms with Crippen LogP contribution in [-0.4, -0.2) is 47.9 Å². The fraction of sp³-hybridized carbons (Fsp3) is 0.750. The number of phenols is 1. The Morgan fingerprint density at radius 3 is 2.56 bits per heavy atom. The van der Waals surface area contributed by atoms with Crippen LogP contribution in [0.5, 0.6) is 5.75 Å². The van der Waals surface area contributed by atoms with E-state index in [2.05, 4.69) is 31.7 Å². The van der Waals surface area contributed by atoms with Gasteiger partial charge in [0.1, 0.15) is 5.75 Å². The number of amides is 1. The zero-order valence-electron chi connectivity index (χ0n) is 21.1. The van der Waals surface area contributed by atoms with Crippen LogP contribution in [0.3, 0.4) is 0 Å². The predicted molar refractivity (Wildman–Crippen MR) is 135 cm³/mol. The molecule has 1 aromatic carbocycles. The molecule has 188 valence electrons. The Bertz CT molecular complexity index is 1060. The number of nitrogens with zero attached hydrogens (tertiary/aromatic N) is 1. The molecule has 4 atom stereocenters. The van der Waals surface area contributed by atoms with Crippen molar-refractivity contribution in [3.8, 4) is 5.75 Å². The summed E-state index contributed by atoms with van der Waals surface area (Å²) < 4.78 is 26.0. The van der Waals surface area contributed by atoms with Gasteiger partial charge in [-0.25, -0.2) is 8.42 Å². The molecule has 4 aliphatic rings. The third-order valence-electron chi connectivity index (χ3n) is 10.3. The summed E-state index contributed by atoms with van der Waals surface area (Å²) >= 11 is 0. The van der Waals surface area contributed by atoms with Gasteiger partial charge in [0, 0.05) is 23.9 Å². The Labute approximate surface area is 205 Å². The molecule has 1 amide bonds. The molecule has 2 saturated carbocycles. The van der Waals surface area contributed by atoms with Gasteiger partial charge in [-0.3, -0.25) is 4.79 Å². The summed E-state index contributed by atoms with van der Waals surface area (Å²) in [6, 6.07) is 5.90. The molecule has 1 unspecified atom stereocenters. The molecule has 0 spiro atoms. The Hall–Kier alpha value is -1.56. The monoisotopic (exact) mass is 487 g/mol. The molecule has 5 rings (SSSR count). The van der Waals surface area contributed by atoms with Crippen molar-refractivity contribution in [2.45, 2.75) is 102 Å². The molecule has 1 aromatic rings. The normalized spacial score (nSPS) is 33.5. The Morgan fingerprint density at radius 1 is 1.09 bits per heavy atom. The van der Waals surface area contributed by atoms with Crippen molar-refractivity contribution in [3.05, 3.63) is 29.3 Å². The van der Waals surface area contributed by atoms with Gasteiger partial charge < -0.3 is 10.0 Å². The summed E-state index contributed by atoms with van der Waals surface area (Å²) in [6.45, 7) is 7.58. The van der Waals surface area contributed by atoms with E-state index in [9.17, 15) is 18.3 Å². The largest absolute Gasteiger partial charge is 0.508 e. The lowest BCUT2D eigenvalue weighted by Crippen LogP contribution is -2.65. The number of piperidine rings is 1. The number of carbonyl (C=O) groups excluding carboxylic acids is 1. The predicted octanol–water partition coefficient (Wildman–Crippen LogP) is 5.00. The van der Waals surface area contributed by atoms with E-state index in [1.807, 2.05) is 6.07 Å². The maximum absolute atomic E-state index is 13.8. The lowest BCUT2D eigenvalue weighted by atomic mass is 9.51. The smallest absolute Gasteiger partial charge is 0.225 e. The van der Waals surface area contributed by atoms with Crippen LogP contribution in [-0.2, 0) is 26.5 Å². The first-order valence-corrected chi connectivity index (χ1v) is 15.1. The van der Waals surface area contributed by atoms with Crippen molar-refractivity contribution in [2.24, 2.45) is 17.3 Å². The molecule has 6 heteroatoms. The maximum atomic E-state index is 13.8. The van der Waals surface area contributed by atoms with E-state index < -0.39 is 9.84 Å². The topological polar surface area (TPSA) is 74.7 Å². The van der Waals surface area contributed by atoms with E-state index in [0.717, 1.165) is 63.5 Å². The average Bonchev–Trinajstić information content (AvgIpc) is 3.25. The van der Waals surface area contributed by atoms with E-state index in [1.54, 1.807) is 6.07 Å². The van der Waals surface area contributed by atoms with Crippen LogP contribution >= 0.6 is 0 Å². The van der Waals surface area contributed by atoms with Crippen LogP contribution in [0.1, 0.15) is 89.7 Å². The number of sulfone groups is 1. The molecular formula is C28H41NO4S. The quantitative estimate of drug-likeness (QED) is 0.649. The van der Waals surface area contributed by atoms with Crippen LogP contribution in [0.15, 0.2) is 18.2 Å². The van der Waals surface area contributed by atoms with Crippen LogP contribution in [0.4, 0.5) is 0 Å². The molecule has 3 aliphatic carbocycles. The van der Waals surface area contributed by atoms with Crippen molar-refractivity contribution in [1.82, 2.24) is 4.90 Å². The Morgan fingerprint density at radius 2 is 1.82 bits per heavy atom. The number of carbonyl (C=O) groups is 1. The second-order valence-corrected chi connectivity index (χ2v) is 14.6. The van der Waals surface area contributed by atoms with Gasteiger partial charge in [-0.1, -0.05) is 52.2 Å². The average molecular weight is 488 g/mol. The lowest BCUT2D eigenvalue weighted by Gasteiger charge is -2.61. The first-order chi connectivity index (χ1) is 16.0. The van der Waals surface area contributed by atoms with E-state index >= 15 is 0 Å². The number of rotatable bonds is 4. The van der Waals surface area contributed by atoms with Gasteiger partial charge in [-0.2, -0.15) is 0 Å². The molecule has 34 heavy (non-hydrogen) atoms. The summed E-state index contributed by atoms with van der Waals surface area (Å²) in [5.74, 6) is 0.844. The molecule has 1 N–H and O–H groups in total. The summed E-state index contributed by atoms with van der Waals surface area (Å²) in [7, 11) is -3.07. The minimum absolute atomic E-state index is 0.0459. The highest BCUT2D eigenvalue weighted by Gasteiger charge is 2.57. The van der Waals surface area contributed by atoms with Gasteiger partial charge in [0.2, 0.25) is 5.91 Å². The third kappa shape index (κ3) is 3.79. The SMILES string of the molecule is CC1(C)[C@H]2Cc3c(O)cccc3[C@]1(C)CCN2C(=O)[C@@H]1CCC(CS(=O)(=O)C2CCCCC2)C1. The highest BCUT2D eigenvalue weighted by Crippen LogP contribution is 2.57. The minimum atomic E-state index is -3.07. The summed E-state index contributed by atoms with van der Waals surface area (Å²) in [5.41, 5.74) is 2.03. The van der Waals surface area contributed by atoms with Gasteiger partial charge in [0.25, 0.3) is 0 Å². The van der Waals surface area contributed by atoms with Crippen molar-refractivity contribution in [3.63, 3.8) is 0 Å². The fourth-order valence-corrected chi connectivity index (χ4v) is 10.0. The second-order valence-electron chi connectivity index (χ2n) is 12.3. The summed E-state index contributed by atoms with van der Waals surface area (Å²) in [4.78, 5) is 15.9. The molecule has 0 aromatic heterocycles.